The fourth-order valence-electron chi connectivity index (χ4n) is 5.13. The average Bonchev–Trinajstić information content (AvgIpc) is 3.13. The van der Waals surface area contributed by atoms with Gasteiger partial charge < -0.3 is 19.6 Å². The van der Waals surface area contributed by atoms with E-state index in [9.17, 15) is 14.7 Å². The first-order valence-electron chi connectivity index (χ1n) is 10.3. The molecule has 3 fully saturated rings. The molecule has 4 rings (SSSR count). The van der Waals surface area contributed by atoms with Crippen LogP contribution in [-0.2, 0) is 9.59 Å². The second-order valence-corrected chi connectivity index (χ2v) is 8.11. The Hall–Kier alpha value is -2.38. The molecule has 3 aliphatic rings. The minimum atomic E-state index is -0.857. The van der Waals surface area contributed by atoms with Gasteiger partial charge in [0.15, 0.2) is 0 Å². The normalized spacial score (nSPS) is 28.1. The molecule has 1 aromatic heterocycles. The van der Waals surface area contributed by atoms with Crippen LogP contribution in [0.2, 0.25) is 0 Å². The van der Waals surface area contributed by atoms with Gasteiger partial charge in [-0.1, -0.05) is 12.8 Å². The summed E-state index contributed by atoms with van der Waals surface area (Å²) in [6.07, 6.45) is 7.89. The summed E-state index contributed by atoms with van der Waals surface area (Å²) in [5, 5.41) is 9.69. The number of aliphatic carboxylic acids is 1. The van der Waals surface area contributed by atoms with Crippen molar-refractivity contribution in [2.45, 2.75) is 57.0 Å². The lowest BCUT2D eigenvalue weighted by Crippen LogP contribution is -2.50. The van der Waals surface area contributed by atoms with Crippen LogP contribution in [0.25, 0.3) is 0 Å². The van der Waals surface area contributed by atoms with E-state index in [0.717, 1.165) is 25.7 Å². The van der Waals surface area contributed by atoms with Crippen molar-refractivity contribution in [3.63, 3.8) is 0 Å². The van der Waals surface area contributed by atoms with Crippen LogP contribution >= 0.6 is 0 Å². The molecule has 3 atom stereocenters. The standard InChI is InChI=1S/C20H28N4O4/c1-28-17-6-9-21-20(22-17)23-10-7-13(8-11-23)18(25)24-15-5-3-2-4-14(15)12-16(24)19(26)27/h6,9,13-16H,2-5,7-8,10-12H2,1H3,(H,26,27)/t14-,15-,16+/m1/s1. The van der Waals surface area contributed by atoms with Gasteiger partial charge in [0, 0.05) is 37.3 Å². The van der Waals surface area contributed by atoms with Gasteiger partial charge in [0.25, 0.3) is 0 Å². The minimum Gasteiger partial charge on any atom is -0.481 e. The highest BCUT2D eigenvalue weighted by molar-refractivity contribution is 5.86. The highest BCUT2D eigenvalue weighted by atomic mass is 16.5. The summed E-state index contributed by atoms with van der Waals surface area (Å²) in [7, 11) is 1.57. The van der Waals surface area contributed by atoms with Crippen LogP contribution in [0.4, 0.5) is 5.95 Å². The molecule has 28 heavy (non-hydrogen) atoms. The van der Waals surface area contributed by atoms with Crippen molar-refractivity contribution in [2.75, 3.05) is 25.1 Å². The van der Waals surface area contributed by atoms with Crippen LogP contribution in [-0.4, -0.2) is 64.1 Å². The quantitative estimate of drug-likeness (QED) is 0.842. The minimum absolute atomic E-state index is 0.0352. The first-order chi connectivity index (χ1) is 13.6. The van der Waals surface area contributed by atoms with Crippen LogP contribution in [0.15, 0.2) is 12.3 Å². The second kappa shape index (κ2) is 7.93. The van der Waals surface area contributed by atoms with Gasteiger partial charge in [0.2, 0.25) is 17.7 Å². The number of rotatable bonds is 4. The predicted molar refractivity (Wildman–Crippen MR) is 102 cm³/mol. The zero-order valence-corrected chi connectivity index (χ0v) is 16.3. The molecule has 8 heteroatoms. The number of anilines is 1. The molecular formula is C20H28N4O4. The number of amides is 1. The number of nitrogens with zero attached hydrogens (tertiary/aromatic N) is 4. The summed E-state index contributed by atoms with van der Waals surface area (Å²) in [6.45, 7) is 1.37. The maximum Gasteiger partial charge on any atom is 0.326 e. The highest BCUT2D eigenvalue weighted by Crippen LogP contribution is 2.41. The van der Waals surface area contributed by atoms with Crippen molar-refractivity contribution < 1.29 is 19.4 Å². The lowest BCUT2D eigenvalue weighted by atomic mass is 9.84. The molecule has 1 saturated carbocycles. The highest BCUT2D eigenvalue weighted by Gasteiger charge is 2.49. The van der Waals surface area contributed by atoms with E-state index < -0.39 is 12.0 Å². The van der Waals surface area contributed by atoms with Gasteiger partial charge in [-0.05, 0) is 38.0 Å². The van der Waals surface area contributed by atoms with Crippen LogP contribution in [0.1, 0.15) is 44.9 Å². The molecule has 0 aromatic carbocycles. The van der Waals surface area contributed by atoms with Gasteiger partial charge in [-0.2, -0.15) is 4.98 Å². The van der Waals surface area contributed by atoms with Crippen molar-refractivity contribution in [1.82, 2.24) is 14.9 Å². The van der Waals surface area contributed by atoms with E-state index in [1.165, 1.54) is 0 Å². The Morgan fingerprint density at radius 1 is 1.18 bits per heavy atom. The fraction of sp³-hybridized carbons (Fsp3) is 0.700. The maximum absolute atomic E-state index is 13.3. The molecule has 3 heterocycles. The molecule has 2 saturated heterocycles. The Morgan fingerprint density at radius 2 is 1.93 bits per heavy atom. The fourth-order valence-corrected chi connectivity index (χ4v) is 5.13. The molecule has 1 amide bonds. The number of fused-ring (bicyclic) bond motifs is 1. The van der Waals surface area contributed by atoms with Crippen molar-refractivity contribution in [3.05, 3.63) is 12.3 Å². The Labute approximate surface area is 164 Å². The Kier molecular flexibility index (Phi) is 5.37. The number of ether oxygens (including phenoxy) is 1. The number of carboxylic acid groups (broad SMARTS) is 1. The molecule has 0 spiro atoms. The second-order valence-electron chi connectivity index (χ2n) is 8.11. The van der Waals surface area contributed by atoms with Crippen LogP contribution in [0.5, 0.6) is 5.88 Å². The van der Waals surface area contributed by atoms with E-state index in [0.29, 0.717) is 50.1 Å². The van der Waals surface area contributed by atoms with Crippen molar-refractivity contribution >= 4 is 17.8 Å². The zero-order valence-electron chi connectivity index (χ0n) is 16.3. The summed E-state index contributed by atoms with van der Waals surface area (Å²) in [6, 6.07) is 1.17. The number of likely N-dealkylation sites (tertiary alicyclic amines) is 1. The number of carbonyl (C=O) groups excluding carboxylic acids is 1. The van der Waals surface area contributed by atoms with E-state index in [4.69, 9.17) is 4.74 Å². The summed E-state index contributed by atoms with van der Waals surface area (Å²) in [5.41, 5.74) is 0. The van der Waals surface area contributed by atoms with E-state index in [2.05, 4.69) is 14.9 Å². The van der Waals surface area contributed by atoms with E-state index in [-0.39, 0.29) is 17.9 Å². The number of carbonyl (C=O) groups is 2. The van der Waals surface area contributed by atoms with Crippen LogP contribution in [0.3, 0.4) is 0 Å². The third kappa shape index (κ3) is 3.52. The lowest BCUT2D eigenvalue weighted by molar-refractivity contribution is -0.152. The molecule has 1 N–H and O–H groups in total. The van der Waals surface area contributed by atoms with Gasteiger partial charge in [0.1, 0.15) is 6.04 Å². The first-order valence-corrected chi connectivity index (χ1v) is 10.3. The first kappa shape index (κ1) is 19.0. The summed E-state index contributed by atoms with van der Waals surface area (Å²) in [5.74, 6) is 0.543. The average molecular weight is 388 g/mol. The van der Waals surface area contributed by atoms with E-state index >= 15 is 0 Å². The molecule has 1 aliphatic carbocycles. The predicted octanol–water partition coefficient (Wildman–Crippen LogP) is 1.95. The SMILES string of the molecule is COc1ccnc(N2CCC(C(=O)N3[C@@H]4CCCC[C@@H]4C[C@H]3C(=O)O)CC2)n1. The molecule has 0 bridgehead atoms. The smallest absolute Gasteiger partial charge is 0.326 e. The van der Waals surface area contributed by atoms with Gasteiger partial charge in [-0.3, -0.25) is 4.79 Å². The summed E-state index contributed by atoms with van der Waals surface area (Å²) < 4.78 is 5.16. The van der Waals surface area contributed by atoms with Gasteiger partial charge in [-0.25, -0.2) is 9.78 Å². The lowest BCUT2D eigenvalue weighted by Gasteiger charge is -2.38. The number of piperidine rings is 1. The van der Waals surface area contributed by atoms with Crippen molar-refractivity contribution in [3.8, 4) is 5.88 Å². The number of methoxy groups -OCH3 is 1. The molecule has 1 aromatic rings. The Bertz CT molecular complexity index is 735. The van der Waals surface area contributed by atoms with Crippen LogP contribution < -0.4 is 9.64 Å². The van der Waals surface area contributed by atoms with E-state index in [1.807, 2.05) is 0 Å². The van der Waals surface area contributed by atoms with Crippen molar-refractivity contribution in [2.24, 2.45) is 11.8 Å². The van der Waals surface area contributed by atoms with Gasteiger partial charge in [0.05, 0.1) is 7.11 Å². The van der Waals surface area contributed by atoms with E-state index in [1.54, 1.807) is 24.3 Å². The van der Waals surface area contributed by atoms with Crippen LogP contribution in [0, 0.1) is 11.8 Å². The molecule has 2 aliphatic heterocycles. The molecule has 0 unspecified atom stereocenters. The largest absolute Gasteiger partial charge is 0.481 e. The monoisotopic (exact) mass is 388 g/mol. The van der Waals surface area contributed by atoms with Crippen molar-refractivity contribution in [1.29, 1.82) is 0 Å². The molecule has 8 nitrogen and oxygen atoms in total. The molecule has 0 radical (unpaired) electrons. The topological polar surface area (TPSA) is 95.9 Å². The van der Waals surface area contributed by atoms with Gasteiger partial charge in [-0.15, -0.1) is 0 Å². The number of hydrogen-bond acceptors (Lipinski definition) is 6. The number of carboxylic acids is 1. The van der Waals surface area contributed by atoms with Gasteiger partial charge >= 0.3 is 5.97 Å². The summed E-state index contributed by atoms with van der Waals surface area (Å²) in [4.78, 5) is 37.6. The third-order valence-electron chi connectivity index (χ3n) is 6.58. The number of aromatic nitrogens is 2. The third-order valence-corrected chi connectivity index (χ3v) is 6.58. The maximum atomic E-state index is 13.3. The zero-order chi connectivity index (χ0) is 19.7. The molecular weight excluding hydrogens is 360 g/mol. The molecule has 152 valence electrons. The Balaban J connectivity index is 1.43. The summed E-state index contributed by atoms with van der Waals surface area (Å²) >= 11 is 0. The Morgan fingerprint density at radius 3 is 2.64 bits per heavy atom. The number of hydrogen-bond donors (Lipinski definition) is 1.